The number of likely N-dealkylation sites (tertiary alicyclic amines) is 1. The fourth-order valence-electron chi connectivity index (χ4n) is 4.07. The van der Waals surface area contributed by atoms with Crippen molar-refractivity contribution in [1.29, 1.82) is 0 Å². The largest absolute Gasteiger partial charge is 0.332 e. The number of hydrogen-bond donors (Lipinski definition) is 0. The first-order chi connectivity index (χ1) is 11.3. The Morgan fingerprint density at radius 3 is 2.29 bits per heavy atom. The van der Waals surface area contributed by atoms with Gasteiger partial charge in [-0.3, -0.25) is 18.8 Å². The molecule has 0 amide bonds. The molecular weight excluding hydrogens is 306 g/mol. The maximum absolute atomic E-state index is 12.6. The molecule has 2 aromatic heterocycles. The first-order valence-electron chi connectivity index (χ1n) is 8.70. The van der Waals surface area contributed by atoms with Crippen molar-refractivity contribution in [3.63, 3.8) is 0 Å². The third-order valence-corrected chi connectivity index (χ3v) is 5.05. The number of imidazole rings is 1. The monoisotopic (exact) mass is 333 g/mol. The van der Waals surface area contributed by atoms with E-state index in [4.69, 9.17) is 0 Å². The highest BCUT2D eigenvalue weighted by atomic mass is 16.2. The number of hydrogen-bond acceptors (Lipinski definition) is 4. The molecule has 24 heavy (non-hydrogen) atoms. The second kappa shape index (κ2) is 6.20. The summed E-state index contributed by atoms with van der Waals surface area (Å²) in [6, 6.07) is 0. The van der Waals surface area contributed by atoms with Gasteiger partial charge in [0.05, 0.1) is 6.54 Å². The van der Waals surface area contributed by atoms with Crippen LogP contribution < -0.4 is 11.2 Å². The molecule has 1 aliphatic rings. The second-order valence-electron chi connectivity index (χ2n) is 7.29. The Labute approximate surface area is 141 Å². The van der Waals surface area contributed by atoms with Gasteiger partial charge in [-0.2, -0.15) is 0 Å². The number of aromatic nitrogens is 4. The minimum absolute atomic E-state index is 0.269. The second-order valence-corrected chi connectivity index (χ2v) is 7.29. The molecule has 2 aromatic rings. The van der Waals surface area contributed by atoms with E-state index in [1.165, 1.54) is 18.0 Å². The van der Waals surface area contributed by atoms with Crippen molar-refractivity contribution in [2.75, 3.05) is 13.1 Å². The number of rotatable bonds is 3. The standard InChI is InChI=1S/C17H27N5O2/c1-6-22-13(10-21-8-11(2)7-12(3)9-21)18-15-14(22)16(23)20(5)17(24)19(15)4/h11-12H,6-10H2,1-5H3. The van der Waals surface area contributed by atoms with Crippen LogP contribution in [0, 0.1) is 11.8 Å². The van der Waals surface area contributed by atoms with Crippen molar-refractivity contribution in [1.82, 2.24) is 23.6 Å². The van der Waals surface area contributed by atoms with E-state index in [1.54, 1.807) is 7.05 Å². The Bertz CT molecular complexity index is 866. The third kappa shape index (κ3) is 2.70. The number of piperidine rings is 1. The van der Waals surface area contributed by atoms with Crippen LogP contribution in [0.5, 0.6) is 0 Å². The van der Waals surface area contributed by atoms with E-state index in [0.717, 1.165) is 23.5 Å². The summed E-state index contributed by atoms with van der Waals surface area (Å²) in [4.78, 5) is 31.8. The summed E-state index contributed by atoms with van der Waals surface area (Å²) in [5.41, 5.74) is 0.405. The first kappa shape index (κ1) is 17.0. The van der Waals surface area contributed by atoms with E-state index in [2.05, 4.69) is 23.7 Å². The summed E-state index contributed by atoms with van der Waals surface area (Å²) >= 11 is 0. The van der Waals surface area contributed by atoms with E-state index in [0.29, 0.717) is 36.1 Å². The predicted molar refractivity (Wildman–Crippen MR) is 94.1 cm³/mol. The SMILES string of the molecule is CCn1c(CN2CC(C)CC(C)C2)nc2c1c(=O)n(C)c(=O)n2C. The molecule has 132 valence electrons. The average Bonchev–Trinajstić information content (AvgIpc) is 2.88. The van der Waals surface area contributed by atoms with Crippen LogP contribution in [0.1, 0.15) is 33.0 Å². The van der Waals surface area contributed by atoms with E-state index < -0.39 is 0 Å². The Kier molecular flexibility index (Phi) is 4.38. The highest BCUT2D eigenvalue weighted by Crippen LogP contribution is 2.23. The summed E-state index contributed by atoms with van der Waals surface area (Å²) < 4.78 is 4.58. The van der Waals surface area contributed by atoms with Gasteiger partial charge < -0.3 is 4.57 Å². The normalized spacial score (nSPS) is 22.4. The molecule has 0 radical (unpaired) electrons. The van der Waals surface area contributed by atoms with Gasteiger partial charge in [-0.15, -0.1) is 0 Å². The fourth-order valence-corrected chi connectivity index (χ4v) is 4.07. The molecule has 0 N–H and O–H groups in total. The van der Waals surface area contributed by atoms with Crippen molar-refractivity contribution in [3.05, 3.63) is 26.7 Å². The zero-order chi connectivity index (χ0) is 17.6. The molecule has 7 nitrogen and oxygen atoms in total. The molecule has 0 aromatic carbocycles. The van der Waals surface area contributed by atoms with Crippen LogP contribution in [0.4, 0.5) is 0 Å². The lowest BCUT2D eigenvalue weighted by Crippen LogP contribution is -2.39. The topological polar surface area (TPSA) is 65.1 Å². The van der Waals surface area contributed by atoms with Crippen LogP contribution in [0.25, 0.3) is 11.2 Å². The molecule has 2 unspecified atom stereocenters. The molecular formula is C17H27N5O2. The van der Waals surface area contributed by atoms with Gasteiger partial charge in [-0.05, 0) is 25.2 Å². The summed E-state index contributed by atoms with van der Waals surface area (Å²) in [7, 11) is 3.19. The van der Waals surface area contributed by atoms with Gasteiger partial charge in [-0.25, -0.2) is 9.78 Å². The summed E-state index contributed by atoms with van der Waals surface area (Å²) in [5, 5.41) is 0. The summed E-state index contributed by atoms with van der Waals surface area (Å²) in [6.45, 7) is 10.1. The number of fused-ring (bicyclic) bond motifs is 1. The van der Waals surface area contributed by atoms with Gasteiger partial charge in [-0.1, -0.05) is 13.8 Å². The van der Waals surface area contributed by atoms with Crippen molar-refractivity contribution in [2.45, 2.75) is 40.3 Å². The minimum atomic E-state index is -0.333. The molecule has 0 spiro atoms. The van der Waals surface area contributed by atoms with E-state index in [9.17, 15) is 9.59 Å². The van der Waals surface area contributed by atoms with E-state index in [-0.39, 0.29) is 11.2 Å². The van der Waals surface area contributed by atoms with Gasteiger partial charge in [0, 0.05) is 33.7 Å². The number of nitrogens with zero attached hydrogens (tertiary/aromatic N) is 5. The van der Waals surface area contributed by atoms with Gasteiger partial charge in [0.1, 0.15) is 5.82 Å². The molecule has 1 saturated heterocycles. The fraction of sp³-hybridized carbons (Fsp3) is 0.706. The quantitative estimate of drug-likeness (QED) is 0.838. The van der Waals surface area contributed by atoms with Gasteiger partial charge in [0.15, 0.2) is 11.2 Å². The van der Waals surface area contributed by atoms with Crippen LogP contribution in [0.3, 0.4) is 0 Å². The van der Waals surface area contributed by atoms with Crippen molar-refractivity contribution in [3.8, 4) is 0 Å². The highest BCUT2D eigenvalue weighted by Gasteiger charge is 2.25. The van der Waals surface area contributed by atoms with Gasteiger partial charge in [0.2, 0.25) is 0 Å². The molecule has 0 aliphatic carbocycles. The lowest BCUT2D eigenvalue weighted by Gasteiger charge is -2.34. The Morgan fingerprint density at radius 2 is 1.71 bits per heavy atom. The summed E-state index contributed by atoms with van der Waals surface area (Å²) in [6.07, 6.45) is 1.26. The predicted octanol–water partition coefficient (Wildman–Crippen LogP) is 0.932. The minimum Gasteiger partial charge on any atom is -0.321 e. The van der Waals surface area contributed by atoms with Crippen LogP contribution in [0.2, 0.25) is 0 Å². The average molecular weight is 333 g/mol. The third-order valence-electron chi connectivity index (χ3n) is 5.05. The molecule has 1 aliphatic heterocycles. The lowest BCUT2D eigenvalue weighted by atomic mass is 9.92. The Hall–Kier alpha value is -1.89. The van der Waals surface area contributed by atoms with Crippen molar-refractivity contribution >= 4 is 11.2 Å². The molecule has 1 fully saturated rings. The van der Waals surface area contributed by atoms with Crippen LogP contribution in [-0.4, -0.2) is 36.7 Å². The van der Waals surface area contributed by atoms with Crippen LogP contribution in [0.15, 0.2) is 9.59 Å². The van der Waals surface area contributed by atoms with E-state index in [1.807, 2.05) is 11.5 Å². The maximum Gasteiger partial charge on any atom is 0.332 e. The number of aryl methyl sites for hydroxylation is 2. The van der Waals surface area contributed by atoms with Crippen molar-refractivity contribution in [2.24, 2.45) is 25.9 Å². The van der Waals surface area contributed by atoms with Crippen molar-refractivity contribution < 1.29 is 0 Å². The molecule has 0 bridgehead atoms. The molecule has 3 heterocycles. The zero-order valence-corrected chi connectivity index (χ0v) is 15.2. The van der Waals surface area contributed by atoms with E-state index >= 15 is 0 Å². The van der Waals surface area contributed by atoms with Gasteiger partial charge in [0.25, 0.3) is 5.56 Å². The Balaban J connectivity index is 2.09. The highest BCUT2D eigenvalue weighted by molar-refractivity contribution is 5.71. The lowest BCUT2D eigenvalue weighted by molar-refractivity contribution is 0.130. The van der Waals surface area contributed by atoms with Crippen LogP contribution in [-0.2, 0) is 27.2 Å². The first-order valence-corrected chi connectivity index (χ1v) is 8.70. The summed E-state index contributed by atoms with van der Waals surface area (Å²) in [5.74, 6) is 2.21. The zero-order valence-electron chi connectivity index (χ0n) is 15.2. The van der Waals surface area contributed by atoms with Gasteiger partial charge >= 0.3 is 5.69 Å². The molecule has 0 saturated carbocycles. The molecule has 3 rings (SSSR count). The maximum atomic E-state index is 12.6. The van der Waals surface area contributed by atoms with Crippen LogP contribution >= 0.6 is 0 Å². The molecule has 2 atom stereocenters. The smallest absolute Gasteiger partial charge is 0.321 e. The molecule has 7 heteroatoms. The Morgan fingerprint density at radius 1 is 1.08 bits per heavy atom.